The van der Waals surface area contributed by atoms with Crippen LogP contribution in [0, 0.1) is 11.3 Å². The first-order valence-electron chi connectivity index (χ1n) is 8.38. The Balaban J connectivity index is 1.96. The number of carbonyl (C=O) groups excluding carboxylic acids is 1. The number of likely N-dealkylation sites (N-methyl/N-ethyl adjacent to an activating group) is 1. The molecule has 1 aromatic rings. The highest BCUT2D eigenvalue weighted by Gasteiger charge is 2.64. The first kappa shape index (κ1) is 14.9. The van der Waals surface area contributed by atoms with Crippen molar-refractivity contribution in [2.45, 2.75) is 38.1 Å². The van der Waals surface area contributed by atoms with Gasteiger partial charge in [0.05, 0.1) is 24.1 Å². The summed E-state index contributed by atoms with van der Waals surface area (Å²) in [4.78, 5) is 19.9. The standard InChI is InChI=1S/C19H24N2O2/c1-18(2)11-12(16(22)23-4)15-19(9-10-21(3)17(18)19)13-7-5-6-8-14(13)20-15/h5-8,12,17H,9-11H2,1-4H3. The molecule has 4 heteroatoms. The SMILES string of the molecule is COC(=O)C1CC(C)(C)C2N(C)CCC23C1=Nc1ccccc13. The van der Waals surface area contributed by atoms with Crippen molar-refractivity contribution in [1.82, 2.24) is 4.90 Å². The van der Waals surface area contributed by atoms with Crippen molar-refractivity contribution in [3.8, 4) is 0 Å². The fraction of sp³-hybridized carbons (Fsp3) is 0.579. The lowest BCUT2D eigenvalue weighted by atomic mass is 9.54. The lowest BCUT2D eigenvalue weighted by Gasteiger charge is -2.52. The first-order valence-corrected chi connectivity index (χ1v) is 8.38. The van der Waals surface area contributed by atoms with Crippen molar-refractivity contribution < 1.29 is 9.53 Å². The molecule has 0 aromatic heterocycles. The molecule has 1 aromatic carbocycles. The van der Waals surface area contributed by atoms with Crippen LogP contribution in [0.25, 0.3) is 0 Å². The Morgan fingerprint density at radius 2 is 2.09 bits per heavy atom. The highest BCUT2D eigenvalue weighted by Crippen LogP contribution is 2.60. The van der Waals surface area contributed by atoms with Crippen molar-refractivity contribution in [2.75, 3.05) is 20.7 Å². The molecule has 0 amide bonds. The number of methoxy groups -OCH3 is 1. The Hall–Kier alpha value is -1.68. The molecular weight excluding hydrogens is 288 g/mol. The minimum absolute atomic E-state index is 0.0284. The van der Waals surface area contributed by atoms with Gasteiger partial charge in [-0.2, -0.15) is 0 Å². The number of carbonyl (C=O) groups is 1. The van der Waals surface area contributed by atoms with Gasteiger partial charge < -0.3 is 9.64 Å². The Morgan fingerprint density at radius 3 is 2.83 bits per heavy atom. The Labute approximate surface area is 137 Å². The number of ether oxygens (including phenoxy) is 1. The first-order chi connectivity index (χ1) is 10.9. The molecule has 2 fully saturated rings. The molecule has 4 rings (SSSR count). The molecule has 2 heterocycles. The predicted molar refractivity (Wildman–Crippen MR) is 90.2 cm³/mol. The molecule has 3 atom stereocenters. The van der Waals surface area contributed by atoms with Crippen molar-refractivity contribution in [3.05, 3.63) is 29.8 Å². The largest absolute Gasteiger partial charge is 0.469 e. The van der Waals surface area contributed by atoms with Crippen LogP contribution in [0.1, 0.15) is 32.3 Å². The average Bonchev–Trinajstić information content (AvgIpc) is 3.05. The summed E-state index contributed by atoms with van der Waals surface area (Å²) < 4.78 is 5.13. The highest BCUT2D eigenvalue weighted by atomic mass is 16.5. The van der Waals surface area contributed by atoms with Crippen molar-refractivity contribution in [1.29, 1.82) is 0 Å². The Morgan fingerprint density at radius 1 is 1.35 bits per heavy atom. The number of esters is 1. The van der Waals surface area contributed by atoms with E-state index in [1.165, 1.54) is 12.7 Å². The van der Waals surface area contributed by atoms with E-state index in [9.17, 15) is 4.79 Å². The second-order valence-corrected chi connectivity index (χ2v) is 7.89. The van der Waals surface area contributed by atoms with E-state index in [-0.39, 0.29) is 22.7 Å². The Kier molecular flexibility index (Phi) is 3.02. The van der Waals surface area contributed by atoms with Gasteiger partial charge in [-0.25, -0.2) is 0 Å². The molecule has 4 nitrogen and oxygen atoms in total. The topological polar surface area (TPSA) is 41.9 Å². The van der Waals surface area contributed by atoms with Gasteiger partial charge in [0.25, 0.3) is 0 Å². The zero-order chi connectivity index (χ0) is 16.4. The van der Waals surface area contributed by atoms with Gasteiger partial charge in [0, 0.05) is 11.8 Å². The van der Waals surface area contributed by atoms with Crippen molar-refractivity contribution in [3.63, 3.8) is 0 Å². The Bertz CT molecular complexity index is 709. The van der Waals surface area contributed by atoms with Gasteiger partial charge in [-0.3, -0.25) is 9.79 Å². The third kappa shape index (κ3) is 1.76. The minimum Gasteiger partial charge on any atom is -0.469 e. The number of benzene rings is 1. The lowest BCUT2D eigenvalue weighted by Crippen LogP contribution is -2.61. The summed E-state index contributed by atoms with van der Waals surface area (Å²) in [6, 6.07) is 8.78. The minimum atomic E-state index is -0.231. The zero-order valence-corrected chi connectivity index (χ0v) is 14.3. The van der Waals surface area contributed by atoms with Gasteiger partial charge in [0.2, 0.25) is 0 Å². The average molecular weight is 312 g/mol. The fourth-order valence-electron chi connectivity index (χ4n) is 5.58. The number of nitrogens with zero attached hydrogens (tertiary/aromatic N) is 2. The van der Waals surface area contributed by atoms with Crippen molar-refractivity contribution in [2.24, 2.45) is 16.3 Å². The van der Waals surface area contributed by atoms with Crippen LogP contribution in [-0.2, 0) is 14.9 Å². The van der Waals surface area contributed by atoms with E-state index < -0.39 is 0 Å². The molecule has 122 valence electrons. The molecule has 0 bridgehead atoms. The molecule has 2 aliphatic heterocycles. The maximum absolute atomic E-state index is 12.5. The molecule has 0 radical (unpaired) electrons. The van der Waals surface area contributed by atoms with E-state index in [0.29, 0.717) is 6.04 Å². The number of para-hydroxylation sites is 1. The highest BCUT2D eigenvalue weighted by molar-refractivity contribution is 6.13. The molecule has 23 heavy (non-hydrogen) atoms. The number of hydrogen-bond acceptors (Lipinski definition) is 4. The second kappa shape index (κ2) is 4.67. The molecule has 1 saturated carbocycles. The summed E-state index contributed by atoms with van der Waals surface area (Å²) in [7, 11) is 3.69. The normalized spacial score (nSPS) is 34.3. The quantitative estimate of drug-likeness (QED) is 0.749. The number of aliphatic imine (C=N–C) groups is 1. The molecule has 1 spiro atoms. The maximum atomic E-state index is 12.5. The van der Waals surface area contributed by atoms with Crippen LogP contribution < -0.4 is 0 Å². The summed E-state index contributed by atoms with van der Waals surface area (Å²) in [5, 5.41) is 0. The van der Waals surface area contributed by atoms with E-state index in [1.54, 1.807) is 0 Å². The van der Waals surface area contributed by atoms with Gasteiger partial charge in [-0.05, 0) is 43.5 Å². The van der Waals surface area contributed by atoms with E-state index in [1.807, 2.05) is 6.07 Å². The van der Waals surface area contributed by atoms with Crippen LogP contribution in [0.4, 0.5) is 5.69 Å². The fourth-order valence-corrected chi connectivity index (χ4v) is 5.58. The number of hydrogen-bond donors (Lipinski definition) is 0. The van der Waals surface area contributed by atoms with Gasteiger partial charge in [-0.1, -0.05) is 32.0 Å². The molecule has 1 saturated heterocycles. The number of rotatable bonds is 1. The third-order valence-corrected chi connectivity index (χ3v) is 6.14. The van der Waals surface area contributed by atoms with Crippen LogP contribution in [0.5, 0.6) is 0 Å². The lowest BCUT2D eigenvalue weighted by molar-refractivity contribution is -0.145. The number of likely N-dealkylation sites (tertiary alicyclic amines) is 1. The maximum Gasteiger partial charge on any atom is 0.314 e. The van der Waals surface area contributed by atoms with E-state index in [0.717, 1.165) is 30.8 Å². The molecular formula is C19H24N2O2. The van der Waals surface area contributed by atoms with Crippen LogP contribution in [0.3, 0.4) is 0 Å². The van der Waals surface area contributed by atoms with Gasteiger partial charge in [0.15, 0.2) is 0 Å². The summed E-state index contributed by atoms with van der Waals surface area (Å²) in [5.41, 5.74) is 3.27. The smallest absolute Gasteiger partial charge is 0.314 e. The third-order valence-electron chi connectivity index (χ3n) is 6.14. The van der Waals surface area contributed by atoms with Gasteiger partial charge in [0.1, 0.15) is 0 Å². The summed E-state index contributed by atoms with van der Waals surface area (Å²) in [5.74, 6) is -0.373. The van der Waals surface area contributed by atoms with E-state index in [2.05, 4.69) is 44.0 Å². The van der Waals surface area contributed by atoms with E-state index in [4.69, 9.17) is 9.73 Å². The van der Waals surface area contributed by atoms with E-state index >= 15 is 0 Å². The summed E-state index contributed by atoms with van der Waals surface area (Å²) >= 11 is 0. The predicted octanol–water partition coefficient (Wildman–Crippen LogP) is 2.93. The number of fused-ring (bicyclic) bond motifs is 1. The van der Waals surface area contributed by atoms with Gasteiger partial charge in [-0.15, -0.1) is 0 Å². The monoisotopic (exact) mass is 312 g/mol. The second-order valence-electron chi connectivity index (χ2n) is 7.89. The van der Waals surface area contributed by atoms with Crippen LogP contribution >= 0.6 is 0 Å². The molecule has 0 N–H and O–H groups in total. The zero-order valence-electron chi connectivity index (χ0n) is 14.3. The summed E-state index contributed by atoms with van der Waals surface area (Å²) in [6.45, 7) is 5.61. The summed E-state index contributed by atoms with van der Waals surface area (Å²) in [6.07, 6.45) is 1.82. The molecule has 3 aliphatic rings. The van der Waals surface area contributed by atoms with Crippen LogP contribution in [0.2, 0.25) is 0 Å². The molecule has 1 aliphatic carbocycles. The van der Waals surface area contributed by atoms with Gasteiger partial charge >= 0.3 is 5.97 Å². The van der Waals surface area contributed by atoms with Crippen molar-refractivity contribution >= 4 is 17.4 Å². The molecule has 3 unspecified atom stereocenters. The van der Waals surface area contributed by atoms with Crippen LogP contribution in [-0.4, -0.2) is 43.3 Å². The van der Waals surface area contributed by atoms with Crippen LogP contribution in [0.15, 0.2) is 29.3 Å².